The summed E-state index contributed by atoms with van der Waals surface area (Å²) in [5.74, 6) is 0. The van der Waals surface area contributed by atoms with Gasteiger partial charge in [0.05, 0.1) is 22.1 Å². The van der Waals surface area contributed by atoms with Crippen LogP contribution in [0, 0.1) is 0 Å². The third-order valence-corrected chi connectivity index (χ3v) is 12.9. The SMILES string of the molecule is CC1(C)c2ccccc2-c2ccc(N(c3ccccc3)c3ccc(-c4cc5c(c6ccccc6n5-c5ccccc5)c5c4c4ccccc4n5-c4ccccc4)cc3)cc21. The maximum atomic E-state index is 2.48. The zero-order valence-corrected chi connectivity index (χ0v) is 33.5. The first-order chi connectivity index (χ1) is 29.6. The highest BCUT2D eigenvalue weighted by Crippen LogP contribution is 2.51. The van der Waals surface area contributed by atoms with E-state index in [9.17, 15) is 0 Å². The van der Waals surface area contributed by atoms with Crippen LogP contribution in [0.15, 0.2) is 212 Å². The van der Waals surface area contributed by atoms with Crippen LogP contribution < -0.4 is 4.90 Å². The highest BCUT2D eigenvalue weighted by atomic mass is 15.1. The minimum Gasteiger partial charge on any atom is -0.310 e. The molecule has 0 bridgehead atoms. The molecule has 0 saturated heterocycles. The van der Waals surface area contributed by atoms with Crippen LogP contribution in [0.5, 0.6) is 0 Å². The molecular weight excluding hydrogens is 727 g/mol. The van der Waals surface area contributed by atoms with E-state index in [1.807, 2.05) is 0 Å². The molecule has 12 rings (SSSR count). The molecule has 0 amide bonds. The van der Waals surface area contributed by atoms with Gasteiger partial charge >= 0.3 is 0 Å². The Labute approximate surface area is 349 Å². The predicted molar refractivity (Wildman–Crippen MR) is 253 cm³/mol. The Morgan fingerprint density at radius 3 is 1.58 bits per heavy atom. The largest absolute Gasteiger partial charge is 0.310 e. The maximum Gasteiger partial charge on any atom is 0.0647 e. The maximum absolute atomic E-state index is 2.48. The number of benzene rings is 9. The molecule has 2 aromatic heterocycles. The number of nitrogens with zero attached hydrogens (tertiary/aromatic N) is 3. The molecule has 0 unspecified atom stereocenters. The van der Waals surface area contributed by atoms with Crippen molar-refractivity contribution >= 4 is 60.7 Å². The van der Waals surface area contributed by atoms with Crippen molar-refractivity contribution in [2.24, 2.45) is 0 Å². The summed E-state index contributed by atoms with van der Waals surface area (Å²) in [6.07, 6.45) is 0. The van der Waals surface area contributed by atoms with Crippen LogP contribution in [-0.2, 0) is 5.41 Å². The second-order valence-corrected chi connectivity index (χ2v) is 16.5. The first-order valence-electron chi connectivity index (χ1n) is 20.9. The van der Waals surface area contributed by atoms with Gasteiger partial charge in [-0.15, -0.1) is 0 Å². The van der Waals surface area contributed by atoms with Gasteiger partial charge in [0, 0.05) is 55.4 Å². The summed E-state index contributed by atoms with van der Waals surface area (Å²) < 4.78 is 4.93. The predicted octanol–water partition coefficient (Wildman–Crippen LogP) is 15.3. The number of hydrogen-bond acceptors (Lipinski definition) is 1. The van der Waals surface area contributed by atoms with E-state index in [1.54, 1.807) is 0 Å². The Morgan fingerprint density at radius 2 is 0.883 bits per heavy atom. The summed E-state index contributed by atoms with van der Waals surface area (Å²) >= 11 is 0. The molecule has 0 spiro atoms. The molecule has 0 N–H and O–H groups in total. The molecule has 0 radical (unpaired) electrons. The van der Waals surface area contributed by atoms with Crippen LogP contribution in [0.25, 0.3) is 77.2 Å². The van der Waals surface area contributed by atoms with Crippen LogP contribution >= 0.6 is 0 Å². The molecule has 3 heteroatoms. The highest BCUT2D eigenvalue weighted by molar-refractivity contribution is 6.30. The van der Waals surface area contributed by atoms with Crippen molar-refractivity contribution in [1.82, 2.24) is 9.13 Å². The van der Waals surface area contributed by atoms with E-state index >= 15 is 0 Å². The lowest BCUT2D eigenvalue weighted by molar-refractivity contribution is 0.660. The summed E-state index contributed by atoms with van der Waals surface area (Å²) in [6, 6.07) is 77.8. The molecule has 9 aromatic carbocycles. The van der Waals surface area contributed by atoms with E-state index in [2.05, 4.69) is 240 Å². The van der Waals surface area contributed by atoms with Crippen LogP contribution in [0.1, 0.15) is 25.0 Å². The molecule has 1 aliphatic carbocycles. The number of rotatable bonds is 6. The van der Waals surface area contributed by atoms with Crippen molar-refractivity contribution in [2.75, 3.05) is 4.90 Å². The quantitative estimate of drug-likeness (QED) is 0.164. The van der Waals surface area contributed by atoms with Crippen molar-refractivity contribution in [1.29, 1.82) is 0 Å². The Balaban J connectivity index is 1.11. The summed E-state index contributed by atoms with van der Waals surface area (Å²) in [5, 5.41) is 4.98. The van der Waals surface area contributed by atoms with Crippen LogP contribution in [0.4, 0.5) is 17.1 Å². The molecule has 2 heterocycles. The average molecular weight is 768 g/mol. The lowest BCUT2D eigenvalue weighted by Crippen LogP contribution is -2.16. The van der Waals surface area contributed by atoms with Gasteiger partial charge in [-0.05, 0) is 112 Å². The first-order valence-corrected chi connectivity index (χ1v) is 20.9. The molecule has 0 aliphatic heterocycles. The summed E-state index contributed by atoms with van der Waals surface area (Å²) in [7, 11) is 0. The molecular formula is C57H41N3. The fourth-order valence-corrected chi connectivity index (χ4v) is 10.2. The first kappa shape index (κ1) is 34.4. The normalized spacial score (nSPS) is 13.0. The summed E-state index contributed by atoms with van der Waals surface area (Å²) in [5.41, 5.74) is 18.1. The van der Waals surface area contributed by atoms with Gasteiger partial charge < -0.3 is 14.0 Å². The number of anilines is 3. The number of hydrogen-bond donors (Lipinski definition) is 0. The van der Waals surface area contributed by atoms with Gasteiger partial charge in [0.15, 0.2) is 0 Å². The van der Waals surface area contributed by atoms with E-state index in [1.165, 1.54) is 77.0 Å². The van der Waals surface area contributed by atoms with Crippen molar-refractivity contribution < 1.29 is 0 Å². The Hall–Kier alpha value is -7.62. The highest BCUT2D eigenvalue weighted by Gasteiger charge is 2.36. The molecule has 11 aromatic rings. The minimum absolute atomic E-state index is 0.0979. The monoisotopic (exact) mass is 767 g/mol. The summed E-state index contributed by atoms with van der Waals surface area (Å²) in [6.45, 7) is 4.71. The Bertz CT molecular complexity index is 3430. The van der Waals surface area contributed by atoms with Crippen molar-refractivity contribution in [3.8, 4) is 33.6 Å². The fourth-order valence-electron chi connectivity index (χ4n) is 10.2. The Kier molecular flexibility index (Phi) is 7.58. The third kappa shape index (κ3) is 5.02. The molecule has 0 saturated carbocycles. The van der Waals surface area contributed by atoms with Gasteiger partial charge in [-0.1, -0.05) is 147 Å². The van der Waals surface area contributed by atoms with E-state index < -0.39 is 0 Å². The van der Waals surface area contributed by atoms with Gasteiger partial charge in [0.1, 0.15) is 0 Å². The molecule has 0 atom stereocenters. The second kappa shape index (κ2) is 13.2. The molecule has 60 heavy (non-hydrogen) atoms. The lowest BCUT2D eigenvalue weighted by Gasteiger charge is -2.28. The van der Waals surface area contributed by atoms with E-state index in [4.69, 9.17) is 0 Å². The smallest absolute Gasteiger partial charge is 0.0647 e. The average Bonchev–Trinajstić information content (AvgIpc) is 3.91. The van der Waals surface area contributed by atoms with Crippen molar-refractivity contribution in [3.63, 3.8) is 0 Å². The van der Waals surface area contributed by atoms with Crippen LogP contribution in [-0.4, -0.2) is 9.13 Å². The minimum atomic E-state index is -0.0979. The standard InChI is InChI=1S/C57H41N3/c1-57(2)49-27-15-12-24-44(49)45-35-34-43(36-50(45)57)58(39-18-6-3-7-19-39)42-32-30-38(31-33-42)48-37-53-55(47-26-14-16-28-51(47)59(53)40-20-8-4-9-21-40)56-54(48)46-25-13-17-29-52(46)60(56)41-22-10-5-11-23-41/h3-37H,1-2H3. The molecule has 0 fully saturated rings. The zero-order valence-electron chi connectivity index (χ0n) is 33.5. The molecule has 284 valence electrons. The van der Waals surface area contributed by atoms with Gasteiger partial charge in [-0.3, -0.25) is 0 Å². The number of para-hydroxylation sites is 5. The van der Waals surface area contributed by atoms with Crippen LogP contribution in [0.3, 0.4) is 0 Å². The van der Waals surface area contributed by atoms with Gasteiger partial charge in [-0.25, -0.2) is 0 Å². The van der Waals surface area contributed by atoms with E-state index in [0.717, 1.165) is 28.4 Å². The number of aromatic nitrogens is 2. The number of fused-ring (bicyclic) bond motifs is 10. The lowest BCUT2D eigenvalue weighted by atomic mass is 9.82. The van der Waals surface area contributed by atoms with Crippen molar-refractivity contribution in [2.45, 2.75) is 19.3 Å². The summed E-state index contributed by atoms with van der Waals surface area (Å²) in [4.78, 5) is 2.40. The topological polar surface area (TPSA) is 13.1 Å². The van der Waals surface area contributed by atoms with Crippen LogP contribution in [0.2, 0.25) is 0 Å². The van der Waals surface area contributed by atoms with Gasteiger partial charge in [0.25, 0.3) is 0 Å². The van der Waals surface area contributed by atoms with E-state index in [0.29, 0.717) is 0 Å². The molecule has 3 nitrogen and oxygen atoms in total. The fraction of sp³-hybridized carbons (Fsp3) is 0.0526. The second-order valence-electron chi connectivity index (χ2n) is 16.5. The van der Waals surface area contributed by atoms with Gasteiger partial charge in [0.2, 0.25) is 0 Å². The van der Waals surface area contributed by atoms with Crippen molar-refractivity contribution in [3.05, 3.63) is 223 Å². The van der Waals surface area contributed by atoms with E-state index in [-0.39, 0.29) is 5.41 Å². The zero-order chi connectivity index (χ0) is 40.0. The Morgan fingerprint density at radius 1 is 0.367 bits per heavy atom. The third-order valence-electron chi connectivity index (χ3n) is 12.9. The van der Waals surface area contributed by atoms with Gasteiger partial charge in [-0.2, -0.15) is 0 Å². The molecule has 1 aliphatic rings.